The van der Waals surface area contributed by atoms with Gasteiger partial charge in [-0.3, -0.25) is 9.59 Å². The number of fused-ring (bicyclic) bond motifs is 3. The Morgan fingerprint density at radius 1 is 1.18 bits per heavy atom. The van der Waals surface area contributed by atoms with E-state index in [1.807, 2.05) is 42.7 Å². The van der Waals surface area contributed by atoms with Crippen molar-refractivity contribution in [1.29, 1.82) is 0 Å². The van der Waals surface area contributed by atoms with Gasteiger partial charge in [-0.1, -0.05) is 25.7 Å². The van der Waals surface area contributed by atoms with E-state index in [0.29, 0.717) is 38.4 Å². The first-order valence-electron chi connectivity index (χ1n) is 12.4. The van der Waals surface area contributed by atoms with Crippen LogP contribution < -0.4 is 10.1 Å². The summed E-state index contributed by atoms with van der Waals surface area (Å²) in [5.74, 6) is 0.570. The number of nitrogens with one attached hydrogen (secondary N) is 1. The molecule has 0 radical (unpaired) electrons. The minimum absolute atomic E-state index is 0.0606. The van der Waals surface area contributed by atoms with E-state index < -0.39 is 5.54 Å². The Hall–Kier alpha value is -2.54. The van der Waals surface area contributed by atoms with E-state index in [2.05, 4.69) is 5.32 Å². The molecule has 2 amide bonds. The first-order chi connectivity index (χ1) is 16.0. The SMILES string of the molecule is CCOCCCN1C(=O)c2cc3ccc(OC)cc3n2CC1(C)C(=O)NC1CCCCCC1. The van der Waals surface area contributed by atoms with Gasteiger partial charge >= 0.3 is 0 Å². The predicted molar refractivity (Wildman–Crippen MR) is 129 cm³/mol. The maximum Gasteiger partial charge on any atom is 0.271 e. The van der Waals surface area contributed by atoms with Gasteiger partial charge in [0, 0.05) is 37.3 Å². The maximum atomic E-state index is 13.8. The van der Waals surface area contributed by atoms with Crippen LogP contribution in [0.15, 0.2) is 24.3 Å². The van der Waals surface area contributed by atoms with Crippen LogP contribution in [-0.2, 0) is 16.1 Å². The van der Waals surface area contributed by atoms with E-state index in [4.69, 9.17) is 9.47 Å². The third-order valence-electron chi connectivity index (χ3n) is 7.19. The lowest BCUT2D eigenvalue weighted by atomic mass is 9.93. The van der Waals surface area contributed by atoms with E-state index in [1.54, 1.807) is 12.0 Å². The highest BCUT2D eigenvalue weighted by atomic mass is 16.5. The highest BCUT2D eigenvalue weighted by molar-refractivity contribution is 6.03. The van der Waals surface area contributed by atoms with Crippen LogP contribution >= 0.6 is 0 Å². The molecule has 1 atom stereocenters. The summed E-state index contributed by atoms with van der Waals surface area (Å²) < 4.78 is 12.9. The minimum atomic E-state index is -0.975. The van der Waals surface area contributed by atoms with Crippen molar-refractivity contribution in [2.24, 2.45) is 0 Å². The number of carbonyl (C=O) groups excluding carboxylic acids is 2. The lowest BCUT2D eigenvalue weighted by molar-refractivity contribution is -0.133. The highest BCUT2D eigenvalue weighted by Crippen LogP contribution is 2.34. The molecule has 2 aliphatic rings. The first-order valence-corrected chi connectivity index (χ1v) is 12.4. The number of amides is 2. The molecule has 1 saturated carbocycles. The Morgan fingerprint density at radius 3 is 2.64 bits per heavy atom. The molecular weight excluding hydrogens is 418 g/mol. The molecule has 0 bridgehead atoms. The predicted octanol–water partition coefficient (Wildman–Crippen LogP) is 4.13. The number of benzene rings is 1. The average molecular weight is 456 g/mol. The summed E-state index contributed by atoms with van der Waals surface area (Å²) in [6, 6.07) is 7.92. The largest absolute Gasteiger partial charge is 0.497 e. The summed E-state index contributed by atoms with van der Waals surface area (Å²) in [4.78, 5) is 29.3. The zero-order valence-electron chi connectivity index (χ0n) is 20.2. The molecule has 33 heavy (non-hydrogen) atoms. The molecule has 1 N–H and O–H groups in total. The van der Waals surface area contributed by atoms with Gasteiger partial charge in [-0.05, 0) is 51.3 Å². The summed E-state index contributed by atoms with van der Waals surface area (Å²) >= 11 is 0. The zero-order chi connectivity index (χ0) is 23.4. The quantitative estimate of drug-likeness (QED) is 0.480. The second-order valence-corrected chi connectivity index (χ2v) is 9.48. The second-order valence-electron chi connectivity index (χ2n) is 9.48. The van der Waals surface area contributed by atoms with Crippen molar-refractivity contribution in [3.63, 3.8) is 0 Å². The smallest absolute Gasteiger partial charge is 0.271 e. The number of hydrogen-bond donors (Lipinski definition) is 1. The van der Waals surface area contributed by atoms with Crippen molar-refractivity contribution in [3.8, 4) is 5.75 Å². The van der Waals surface area contributed by atoms with Crippen molar-refractivity contribution in [2.75, 3.05) is 26.9 Å². The standard InChI is InChI=1S/C26H37N3O4/c1-4-33-15-9-14-29-24(30)23-16-19-12-13-21(32-3)17-22(19)28(23)18-26(29,2)25(31)27-20-10-7-5-6-8-11-20/h12-13,16-17,20H,4-11,14-15,18H2,1-3H3,(H,27,31). The van der Waals surface area contributed by atoms with E-state index >= 15 is 0 Å². The Morgan fingerprint density at radius 2 is 1.94 bits per heavy atom. The summed E-state index contributed by atoms with van der Waals surface area (Å²) in [5.41, 5.74) is 0.562. The van der Waals surface area contributed by atoms with Gasteiger partial charge < -0.3 is 24.3 Å². The van der Waals surface area contributed by atoms with Crippen molar-refractivity contribution in [3.05, 3.63) is 30.0 Å². The van der Waals surface area contributed by atoms with Gasteiger partial charge in [0.15, 0.2) is 0 Å². The van der Waals surface area contributed by atoms with Crippen molar-refractivity contribution in [2.45, 2.75) is 76.9 Å². The molecular formula is C26H37N3O4. The molecule has 7 heteroatoms. The van der Waals surface area contributed by atoms with Gasteiger partial charge in [0.2, 0.25) is 5.91 Å². The molecule has 7 nitrogen and oxygen atoms in total. The van der Waals surface area contributed by atoms with Crippen LogP contribution in [0.1, 0.15) is 69.3 Å². The van der Waals surface area contributed by atoms with Gasteiger partial charge in [0.25, 0.3) is 5.91 Å². The van der Waals surface area contributed by atoms with Crippen LogP contribution in [-0.4, -0.2) is 59.7 Å². The fourth-order valence-electron chi connectivity index (χ4n) is 5.24. The molecule has 180 valence electrons. The zero-order valence-corrected chi connectivity index (χ0v) is 20.2. The maximum absolute atomic E-state index is 13.8. The Kier molecular flexibility index (Phi) is 7.27. The van der Waals surface area contributed by atoms with Gasteiger partial charge in [-0.15, -0.1) is 0 Å². The monoisotopic (exact) mass is 455 g/mol. The molecule has 1 aliphatic carbocycles. The average Bonchev–Trinajstić information content (AvgIpc) is 2.98. The second kappa shape index (κ2) is 10.2. The fraction of sp³-hybridized carbons (Fsp3) is 0.615. The van der Waals surface area contributed by atoms with Crippen LogP contribution in [0, 0.1) is 0 Å². The van der Waals surface area contributed by atoms with E-state index in [9.17, 15) is 9.59 Å². The summed E-state index contributed by atoms with van der Waals surface area (Å²) in [5, 5.41) is 4.29. The molecule has 2 aromatic rings. The summed E-state index contributed by atoms with van der Waals surface area (Å²) in [7, 11) is 1.64. The molecule has 1 fully saturated rings. The molecule has 1 aromatic carbocycles. The minimum Gasteiger partial charge on any atom is -0.497 e. The number of carbonyl (C=O) groups is 2. The number of ether oxygens (including phenoxy) is 2. The Balaban J connectivity index is 1.67. The van der Waals surface area contributed by atoms with Crippen LogP contribution in [0.2, 0.25) is 0 Å². The van der Waals surface area contributed by atoms with Crippen LogP contribution in [0.4, 0.5) is 0 Å². The number of aromatic nitrogens is 1. The van der Waals surface area contributed by atoms with Gasteiger partial charge in [0.1, 0.15) is 17.0 Å². The van der Waals surface area contributed by atoms with E-state index in [1.165, 1.54) is 12.8 Å². The molecule has 1 unspecified atom stereocenters. The Bertz CT molecular complexity index is 993. The molecule has 0 spiro atoms. The van der Waals surface area contributed by atoms with Crippen molar-refractivity contribution < 1.29 is 19.1 Å². The number of nitrogens with zero attached hydrogens (tertiary/aromatic N) is 2. The molecule has 2 heterocycles. The number of hydrogen-bond acceptors (Lipinski definition) is 4. The van der Waals surface area contributed by atoms with E-state index in [-0.39, 0.29) is 17.9 Å². The van der Waals surface area contributed by atoms with Crippen LogP contribution in [0.5, 0.6) is 5.75 Å². The number of methoxy groups -OCH3 is 1. The molecule has 1 aliphatic heterocycles. The van der Waals surface area contributed by atoms with Crippen molar-refractivity contribution in [1.82, 2.24) is 14.8 Å². The number of rotatable bonds is 8. The topological polar surface area (TPSA) is 72.8 Å². The Labute approximate surface area is 196 Å². The lowest BCUT2D eigenvalue weighted by Gasteiger charge is -2.44. The first kappa shape index (κ1) is 23.6. The molecule has 0 saturated heterocycles. The third kappa shape index (κ3) is 4.74. The molecule has 1 aromatic heterocycles. The molecule has 4 rings (SSSR count). The fourth-order valence-corrected chi connectivity index (χ4v) is 5.24. The normalized spacial score (nSPS) is 21.7. The third-order valence-corrected chi connectivity index (χ3v) is 7.19. The lowest BCUT2D eigenvalue weighted by Crippen LogP contribution is -2.65. The van der Waals surface area contributed by atoms with Crippen LogP contribution in [0.3, 0.4) is 0 Å². The van der Waals surface area contributed by atoms with Gasteiger partial charge in [0.05, 0.1) is 19.2 Å². The van der Waals surface area contributed by atoms with Crippen molar-refractivity contribution >= 4 is 22.7 Å². The van der Waals surface area contributed by atoms with Crippen LogP contribution in [0.25, 0.3) is 10.9 Å². The van der Waals surface area contributed by atoms with E-state index in [0.717, 1.165) is 42.3 Å². The summed E-state index contributed by atoms with van der Waals surface area (Å²) in [6.45, 7) is 5.98. The van der Waals surface area contributed by atoms with Gasteiger partial charge in [-0.2, -0.15) is 0 Å². The van der Waals surface area contributed by atoms with Gasteiger partial charge in [-0.25, -0.2) is 0 Å². The highest BCUT2D eigenvalue weighted by Gasteiger charge is 2.47. The summed E-state index contributed by atoms with van der Waals surface area (Å²) in [6.07, 6.45) is 7.46.